The summed E-state index contributed by atoms with van der Waals surface area (Å²) in [7, 11) is -1.92. The maximum Gasteiger partial charge on any atom is 0.192 e. The molecule has 0 saturated carbocycles. The zero-order valence-electron chi connectivity index (χ0n) is 18.2. The normalized spacial score (nSPS) is 29.5. The minimum absolute atomic E-state index is 0.117. The number of aromatic nitrogens is 4. The molecule has 4 atom stereocenters. The first-order valence-corrected chi connectivity index (χ1v) is 12.9. The maximum absolute atomic E-state index is 6.43. The van der Waals surface area contributed by atoms with Crippen molar-refractivity contribution in [2.75, 3.05) is 12.3 Å². The lowest BCUT2D eigenvalue weighted by Gasteiger charge is -2.37. The van der Waals surface area contributed by atoms with Gasteiger partial charge in [-0.05, 0) is 32.0 Å². The third kappa shape index (κ3) is 3.57. The fourth-order valence-electron chi connectivity index (χ4n) is 3.58. The summed E-state index contributed by atoms with van der Waals surface area (Å²) in [6, 6.07) is 0. The van der Waals surface area contributed by atoms with Gasteiger partial charge in [0.15, 0.2) is 31.8 Å². The second-order valence-corrected chi connectivity index (χ2v) is 14.6. The molecule has 0 amide bonds. The van der Waals surface area contributed by atoms with Crippen molar-refractivity contribution in [3.8, 4) is 0 Å². The van der Waals surface area contributed by atoms with E-state index < -0.39 is 20.3 Å². The Hall–Kier alpha value is -1.59. The predicted molar refractivity (Wildman–Crippen MR) is 111 cm³/mol. The molecule has 0 aliphatic carbocycles. The number of fused-ring (bicyclic) bond motifs is 2. The number of ether oxygens (including phenoxy) is 3. The molecule has 2 aliphatic rings. The molecule has 10 heteroatoms. The highest BCUT2D eigenvalue weighted by atomic mass is 28.4. The van der Waals surface area contributed by atoms with E-state index in [-0.39, 0.29) is 23.4 Å². The van der Waals surface area contributed by atoms with Gasteiger partial charge < -0.3 is 24.4 Å². The van der Waals surface area contributed by atoms with Crippen molar-refractivity contribution >= 4 is 25.3 Å². The molecule has 160 valence electrons. The monoisotopic (exact) mass is 421 g/mol. The highest BCUT2D eigenvalue weighted by Gasteiger charge is 2.56. The van der Waals surface area contributed by atoms with Crippen molar-refractivity contribution in [2.45, 2.75) is 83.1 Å². The molecule has 4 heterocycles. The second-order valence-electron chi connectivity index (χ2n) is 9.78. The lowest BCUT2D eigenvalue weighted by atomic mass is 10.1. The van der Waals surface area contributed by atoms with Gasteiger partial charge >= 0.3 is 0 Å². The van der Waals surface area contributed by atoms with Gasteiger partial charge in [-0.2, -0.15) is 0 Å². The number of hydrogen-bond acceptors (Lipinski definition) is 8. The topological polar surface area (TPSA) is 107 Å². The third-order valence-electron chi connectivity index (χ3n) is 6.20. The lowest BCUT2D eigenvalue weighted by Crippen LogP contribution is -2.44. The van der Waals surface area contributed by atoms with Gasteiger partial charge in [0.1, 0.15) is 30.2 Å². The Morgan fingerprint density at radius 2 is 1.86 bits per heavy atom. The molecule has 0 unspecified atom stereocenters. The Balaban J connectivity index is 1.62. The second kappa shape index (κ2) is 6.71. The van der Waals surface area contributed by atoms with Crippen LogP contribution in [-0.2, 0) is 18.6 Å². The highest BCUT2D eigenvalue weighted by Crippen LogP contribution is 2.45. The van der Waals surface area contributed by atoms with Gasteiger partial charge in [-0.25, -0.2) is 15.0 Å². The molecule has 2 aromatic rings. The molecule has 9 nitrogen and oxygen atoms in total. The van der Waals surface area contributed by atoms with Crippen molar-refractivity contribution in [3.63, 3.8) is 0 Å². The molecule has 2 N–H and O–H groups in total. The van der Waals surface area contributed by atoms with Crippen molar-refractivity contribution in [2.24, 2.45) is 0 Å². The van der Waals surface area contributed by atoms with Gasteiger partial charge in [0.05, 0.1) is 12.9 Å². The van der Waals surface area contributed by atoms with E-state index in [4.69, 9.17) is 24.4 Å². The molecule has 4 rings (SSSR count). The number of hydrogen-bond donors (Lipinski definition) is 1. The van der Waals surface area contributed by atoms with Crippen LogP contribution in [0.25, 0.3) is 11.2 Å². The summed E-state index contributed by atoms with van der Waals surface area (Å²) in [5, 5.41) is 0.117. The van der Waals surface area contributed by atoms with E-state index in [1.165, 1.54) is 6.33 Å². The average Bonchev–Trinajstić information content (AvgIpc) is 3.24. The first-order chi connectivity index (χ1) is 13.4. The van der Waals surface area contributed by atoms with E-state index in [2.05, 4.69) is 48.8 Å². The molecule has 0 spiro atoms. The number of anilines is 1. The van der Waals surface area contributed by atoms with E-state index in [9.17, 15) is 0 Å². The molecular weight excluding hydrogens is 390 g/mol. The van der Waals surface area contributed by atoms with Crippen molar-refractivity contribution in [1.29, 1.82) is 0 Å². The van der Waals surface area contributed by atoms with Gasteiger partial charge in [-0.1, -0.05) is 20.8 Å². The summed E-state index contributed by atoms with van der Waals surface area (Å²) in [5.74, 6) is -0.359. The van der Waals surface area contributed by atoms with E-state index in [0.29, 0.717) is 23.6 Å². The number of imidazole rings is 1. The van der Waals surface area contributed by atoms with E-state index in [0.717, 1.165) is 0 Å². The van der Waals surface area contributed by atoms with Gasteiger partial charge in [0.25, 0.3) is 0 Å². The highest BCUT2D eigenvalue weighted by molar-refractivity contribution is 6.74. The summed E-state index contributed by atoms with van der Waals surface area (Å²) in [4.78, 5) is 12.7. The van der Waals surface area contributed by atoms with E-state index >= 15 is 0 Å². The fourth-order valence-corrected chi connectivity index (χ4v) is 4.59. The molecule has 2 aliphatic heterocycles. The van der Waals surface area contributed by atoms with Gasteiger partial charge in [0, 0.05) is 0 Å². The van der Waals surface area contributed by atoms with Crippen LogP contribution in [0.15, 0.2) is 12.7 Å². The zero-order valence-corrected chi connectivity index (χ0v) is 19.2. The van der Waals surface area contributed by atoms with Crippen LogP contribution in [-0.4, -0.2) is 58.5 Å². The van der Waals surface area contributed by atoms with Crippen LogP contribution < -0.4 is 5.73 Å². The minimum Gasteiger partial charge on any atom is -0.414 e. The Morgan fingerprint density at radius 1 is 1.17 bits per heavy atom. The molecule has 2 aromatic heterocycles. The van der Waals surface area contributed by atoms with Crippen LogP contribution in [0.5, 0.6) is 0 Å². The molecule has 0 radical (unpaired) electrons. The molecule has 0 aromatic carbocycles. The zero-order chi connectivity index (χ0) is 21.2. The van der Waals surface area contributed by atoms with Crippen LogP contribution >= 0.6 is 0 Å². The predicted octanol–water partition coefficient (Wildman–Crippen LogP) is 2.85. The molecule has 0 bridgehead atoms. The van der Waals surface area contributed by atoms with Crippen molar-refractivity contribution < 1.29 is 18.6 Å². The quantitative estimate of drug-likeness (QED) is 0.751. The van der Waals surface area contributed by atoms with Gasteiger partial charge in [-0.15, -0.1) is 0 Å². The minimum atomic E-state index is -1.92. The molecule has 2 fully saturated rings. The largest absolute Gasteiger partial charge is 0.414 e. The Labute approximate surface area is 172 Å². The molecule has 2 saturated heterocycles. The summed E-state index contributed by atoms with van der Waals surface area (Å²) in [6.07, 6.45) is 1.87. The van der Waals surface area contributed by atoms with Crippen molar-refractivity contribution in [1.82, 2.24) is 19.5 Å². The first-order valence-electron chi connectivity index (χ1n) is 9.98. The third-order valence-corrected chi connectivity index (χ3v) is 10.7. The number of nitrogens with zero attached hydrogens (tertiary/aromatic N) is 4. The Morgan fingerprint density at radius 3 is 2.55 bits per heavy atom. The lowest BCUT2D eigenvalue weighted by molar-refractivity contribution is -0.199. The SMILES string of the molecule is CC1(C)O[C@@H]2[C@H](O1)[C@@H](CO[Si](C)(C)C(C)(C)C)O[C@H]2n1cnc2c(N)ncnc21. The number of nitrogens with two attached hydrogens (primary N) is 1. The fraction of sp³-hybridized carbons (Fsp3) is 0.737. The maximum atomic E-state index is 6.43. The Kier molecular flexibility index (Phi) is 4.78. The standard InChI is InChI=1S/C19H31N5O4Si/c1-18(2,3)29(6,7)25-8-11-13-14(28-19(4,5)27-13)17(26-11)24-10-23-12-15(20)21-9-22-16(12)24/h9-11,13-14,17H,8H2,1-7H3,(H2,20,21,22)/t11-,13-,14-,17-/m1/s1. The molecule has 29 heavy (non-hydrogen) atoms. The Bertz CT molecular complexity index is 910. The van der Waals surface area contributed by atoms with E-state index in [1.807, 2.05) is 18.4 Å². The van der Waals surface area contributed by atoms with Crippen LogP contribution in [0.1, 0.15) is 40.8 Å². The van der Waals surface area contributed by atoms with Crippen LogP contribution in [0.2, 0.25) is 18.1 Å². The van der Waals surface area contributed by atoms with Crippen LogP contribution in [0.4, 0.5) is 5.82 Å². The average molecular weight is 422 g/mol. The van der Waals surface area contributed by atoms with E-state index in [1.54, 1.807) is 6.33 Å². The summed E-state index contributed by atoms with van der Waals surface area (Å²) in [5.41, 5.74) is 7.10. The number of rotatable bonds is 4. The van der Waals surface area contributed by atoms with Crippen LogP contribution in [0.3, 0.4) is 0 Å². The first kappa shape index (κ1) is 20.7. The van der Waals surface area contributed by atoms with Gasteiger partial charge in [0.2, 0.25) is 0 Å². The van der Waals surface area contributed by atoms with Crippen molar-refractivity contribution in [3.05, 3.63) is 12.7 Å². The summed E-state index contributed by atoms with van der Waals surface area (Å²) < 4.78 is 27.1. The number of nitrogen functional groups attached to an aromatic ring is 1. The summed E-state index contributed by atoms with van der Waals surface area (Å²) in [6.45, 7) is 15.4. The van der Waals surface area contributed by atoms with Gasteiger partial charge in [-0.3, -0.25) is 4.57 Å². The summed E-state index contributed by atoms with van der Waals surface area (Å²) >= 11 is 0. The smallest absolute Gasteiger partial charge is 0.192 e. The van der Waals surface area contributed by atoms with Crippen LogP contribution in [0, 0.1) is 0 Å². The molecular formula is C19H31N5O4Si.